The molecule has 3 aromatic rings. The quantitative estimate of drug-likeness (QED) is 0.317. The minimum absolute atomic E-state index is 0.0416. The zero-order valence-corrected chi connectivity index (χ0v) is 23.5. The molecule has 6 nitrogen and oxygen atoms in total. The van der Waals surface area contributed by atoms with E-state index in [9.17, 15) is 13.2 Å². The average molecular weight is 555 g/mol. The Morgan fingerprint density at radius 2 is 1.68 bits per heavy atom. The fourth-order valence-corrected chi connectivity index (χ4v) is 6.61. The molecule has 4 rings (SSSR count). The molecule has 8 heteroatoms. The van der Waals surface area contributed by atoms with Crippen LogP contribution in [0.1, 0.15) is 37.3 Å². The van der Waals surface area contributed by atoms with E-state index in [1.807, 2.05) is 49.4 Å². The van der Waals surface area contributed by atoms with E-state index < -0.39 is 15.4 Å². The number of piperidine rings is 1. The fourth-order valence-electron chi connectivity index (χ4n) is 4.90. The lowest BCUT2D eigenvalue weighted by Crippen LogP contribution is -2.50. The van der Waals surface area contributed by atoms with Gasteiger partial charge in [-0.2, -0.15) is 4.31 Å². The van der Waals surface area contributed by atoms with Crippen LogP contribution >= 0.6 is 11.6 Å². The largest absolute Gasteiger partial charge is 0.493 e. The molecule has 1 fully saturated rings. The Hall–Kier alpha value is -2.87. The number of carbonyl (C=O) groups excluding carboxylic acids is 1. The minimum Gasteiger partial charge on any atom is -0.493 e. The third-order valence-corrected chi connectivity index (χ3v) is 9.28. The molecular weight excluding hydrogens is 520 g/mol. The van der Waals surface area contributed by atoms with Crippen LogP contribution in [-0.4, -0.2) is 50.3 Å². The SMILES string of the molecule is CCc1ccc(S(=O)(=O)N2CCCC(COc3ccc(Cl)cc3)(CC(=O)N(C)Cc3ccccc3)C2)cc1. The first-order chi connectivity index (χ1) is 18.2. The molecule has 0 spiro atoms. The van der Waals surface area contributed by atoms with Gasteiger partial charge in [0.05, 0.1) is 11.5 Å². The summed E-state index contributed by atoms with van der Waals surface area (Å²) in [6, 6.07) is 24.0. The van der Waals surface area contributed by atoms with Crippen molar-refractivity contribution in [3.8, 4) is 5.75 Å². The highest BCUT2D eigenvalue weighted by Crippen LogP contribution is 2.37. The van der Waals surface area contributed by atoms with Crippen molar-refractivity contribution in [1.29, 1.82) is 0 Å². The second kappa shape index (κ2) is 12.3. The Balaban J connectivity index is 1.56. The first kappa shape index (κ1) is 28.1. The summed E-state index contributed by atoms with van der Waals surface area (Å²) in [4.78, 5) is 15.4. The van der Waals surface area contributed by atoms with Crippen LogP contribution in [0.4, 0.5) is 0 Å². The smallest absolute Gasteiger partial charge is 0.243 e. The maximum absolute atomic E-state index is 13.6. The number of rotatable bonds is 10. The third-order valence-electron chi connectivity index (χ3n) is 7.17. The van der Waals surface area contributed by atoms with Gasteiger partial charge in [0.15, 0.2) is 0 Å². The van der Waals surface area contributed by atoms with Crippen LogP contribution in [0.25, 0.3) is 0 Å². The van der Waals surface area contributed by atoms with Crippen LogP contribution in [0.15, 0.2) is 83.8 Å². The molecule has 0 radical (unpaired) electrons. The summed E-state index contributed by atoms with van der Waals surface area (Å²) < 4.78 is 34.9. The first-order valence-electron chi connectivity index (χ1n) is 13.0. The molecular formula is C30H35ClN2O4S. The molecule has 0 bridgehead atoms. The highest BCUT2D eigenvalue weighted by atomic mass is 35.5. The summed E-state index contributed by atoms with van der Waals surface area (Å²) in [6.45, 7) is 3.37. The molecule has 0 aliphatic carbocycles. The normalized spacial score (nSPS) is 18.2. The lowest BCUT2D eigenvalue weighted by atomic mass is 9.78. The average Bonchev–Trinajstić information content (AvgIpc) is 2.93. The highest BCUT2D eigenvalue weighted by Gasteiger charge is 2.43. The van der Waals surface area contributed by atoms with Crippen molar-refractivity contribution in [3.63, 3.8) is 0 Å². The Kier molecular flexibility index (Phi) is 9.13. The van der Waals surface area contributed by atoms with Crippen LogP contribution in [-0.2, 0) is 27.8 Å². The Bertz CT molecular complexity index is 1310. The van der Waals surface area contributed by atoms with Gasteiger partial charge in [-0.25, -0.2) is 8.42 Å². The zero-order valence-electron chi connectivity index (χ0n) is 22.0. The summed E-state index contributed by atoms with van der Waals surface area (Å²) in [5.41, 5.74) is 1.45. The maximum atomic E-state index is 13.6. The Labute approximate surface area is 231 Å². The molecule has 1 heterocycles. The molecule has 3 aromatic carbocycles. The van der Waals surface area contributed by atoms with Crippen LogP contribution in [0.5, 0.6) is 5.75 Å². The predicted octanol–water partition coefficient (Wildman–Crippen LogP) is 5.80. The molecule has 0 aromatic heterocycles. The van der Waals surface area contributed by atoms with Gasteiger partial charge in [0.25, 0.3) is 0 Å². The molecule has 202 valence electrons. The molecule has 1 atom stereocenters. The van der Waals surface area contributed by atoms with Gasteiger partial charge in [-0.15, -0.1) is 0 Å². The molecule has 1 saturated heterocycles. The van der Waals surface area contributed by atoms with Crippen molar-refractivity contribution in [1.82, 2.24) is 9.21 Å². The predicted molar refractivity (Wildman–Crippen MR) is 151 cm³/mol. The summed E-state index contributed by atoms with van der Waals surface area (Å²) in [7, 11) is -1.93. The van der Waals surface area contributed by atoms with Crippen LogP contribution in [0, 0.1) is 5.41 Å². The number of amides is 1. The van der Waals surface area contributed by atoms with E-state index in [4.69, 9.17) is 16.3 Å². The number of carbonyl (C=O) groups is 1. The summed E-state index contributed by atoms with van der Waals surface area (Å²) in [6.07, 6.45) is 2.36. The first-order valence-corrected chi connectivity index (χ1v) is 14.8. The van der Waals surface area contributed by atoms with Gasteiger partial charge in [-0.1, -0.05) is 61.0 Å². The fraction of sp³-hybridized carbons (Fsp3) is 0.367. The highest BCUT2D eigenvalue weighted by molar-refractivity contribution is 7.89. The van der Waals surface area contributed by atoms with Crippen molar-refractivity contribution < 1.29 is 17.9 Å². The van der Waals surface area contributed by atoms with E-state index in [1.165, 1.54) is 4.31 Å². The van der Waals surface area contributed by atoms with Crippen molar-refractivity contribution in [2.45, 2.75) is 44.0 Å². The van der Waals surface area contributed by atoms with Crippen LogP contribution in [0.2, 0.25) is 5.02 Å². The number of ether oxygens (including phenoxy) is 1. The number of sulfonamides is 1. The monoisotopic (exact) mass is 554 g/mol. The molecule has 1 aliphatic rings. The van der Waals surface area contributed by atoms with Crippen LogP contribution < -0.4 is 4.74 Å². The molecule has 1 amide bonds. The van der Waals surface area contributed by atoms with Gasteiger partial charge >= 0.3 is 0 Å². The van der Waals surface area contributed by atoms with Crippen molar-refractivity contribution in [2.75, 3.05) is 26.7 Å². The summed E-state index contributed by atoms with van der Waals surface area (Å²) >= 11 is 6.03. The second-order valence-corrected chi connectivity index (χ2v) is 12.5. The van der Waals surface area contributed by atoms with Crippen LogP contribution in [0.3, 0.4) is 0 Å². The molecule has 1 unspecified atom stereocenters. The molecule has 0 N–H and O–H groups in total. The number of halogens is 1. The van der Waals surface area contributed by atoms with Gasteiger partial charge < -0.3 is 9.64 Å². The number of nitrogens with zero attached hydrogens (tertiary/aromatic N) is 2. The van der Waals surface area contributed by atoms with Gasteiger partial charge in [-0.05, 0) is 66.8 Å². The Morgan fingerprint density at radius 1 is 1.00 bits per heavy atom. The van der Waals surface area contributed by atoms with E-state index in [-0.39, 0.29) is 30.4 Å². The Morgan fingerprint density at radius 3 is 2.34 bits per heavy atom. The molecule has 1 aliphatic heterocycles. The van der Waals surface area contributed by atoms with Gasteiger partial charge in [0.1, 0.15) is 5.75 Å². The van der Waals surface area contributed by atoms with E-state index in [1.54, 1.807) is 48.3 Å². The van der Waals surface area contributed by atoms with E-state index in [2.05, 4.69) is 0 Å². The van der Waals surface area contributed by atoms with Gasteiger partial charge in [-0.3, -0.25) is 4.79 Å². The topological polar surface area (TPSA) is 66.9 Å². The number of hydrogen-bond acceptors (Lipinski definition) is 4. The van der Waals surface area contributed by atoms with Crippen molar-refractivity contribution in [3.05, 3.63) is 95.0 Å². The second-order valence-electron chi connectivity index (χ2n) is 10.1. The standard InChI is InChI=1S/C30H35ClN2O4S/c1-3-24-10-16-28(17-11-24)38(35,36)33-19-7-18-30(22-33,23-37-27-14-12-26(31)13-15-27)20-29(34)32(2)21-25-8-5-4-6-9-25/h4-6,8-17H,3,7,18-23H2,1-2H3. The zero-order chi connectivity index (χ0) is 27.2. The molecule has 38 heavy (non-hydrogen) atoms. The van der Waals surface area contributed by atoms with Crippen molar-refractivity contribution in [2.24, 2.45) is 5.41 Å². The lowest BCUT2D eigenvalue weighted by Gasteiger charge is -2.42. The van der Waals surface area contributed by atoms with E-state index in [0.717, 1.165) is 17.5 Å². The number of hydrogen-bond donors (Lipinski definition) is 0. The molecule has 0 saturated carbocycles. The van der Waals surface area contributed by atoms with Crippen molar-refractivity contribution >= 4 is 27.5 Å². The van der Waals surface area contributed by atoms with Gasteiger partial charge in [0, 0.05) is 43.5 Å². The van der Waals surface area contributed by atoms with Gasteiger partial charge in [0.2, 0.25) is 15.9 Å². The third kappa shape index (κ3) is 6.95. The summed E-state index contributed by atoms with van der Waals surface area (Å²) in [5.74, 6) is 0.592. The minimum atomic E-state index is -3.72. The lowest BCUT2D eigenvalue weighted by molar-refractivity contribution is -0.134. The van der Waals surface area contributed by atoms with E-state index in [0.29, 0.717) is 36.7 Å². The number of aryl methyl sites for hydroxylation is 1. The maximum Gasteiger partial charge on any atom is 0.243 e. The summed E-state index contributed by atoms with van der Waals surface area (Å²) in [5, 5.41) is 0.605. The number of benzene rings is 3. The van der Waals surface area contributed by atoms with E-state index >= 15 is 0 Å².